The van der Waals surface area contributed by atoms with Gasteiger partial charge in [0.05, 0.1) is 10.4 Å². The van der Waals surface area contributed by atoms with E-state index in [9.17, 15) is 14.9 Å². The molecular formula is C24H23N5O3. The van der Waals surface area contributed by atoms with Crippen molar-refractivity contribution in [3.63, 3.8) is 0 Å². The van der Waals surface area contributed by atoms with Crippen LogP contribution in [0.5, 0.6) is 0 Å². The van der Waals surface area contributed by atoms with E-state index in [0.717, 1.165) is 19.6 Å². The summed E-state index contributed by atoms with van der Waals surface area (Å²) in [5.41, 5.74) is 1.67. The Hall–Kier alpha value is -3.78. The third kappa shape index (κ3) is 3.38. The van der Waals surface area contributed by atoms with Gasteiger partial charge in [0.15, 0.2) is 0 Å². The number of hydrogen-bond donors (Lipinski definition) is 0. The van der Waals surface area contributed by atoms with Gasteiger partial charge in [-0.2, -0.15) is 0 Å². The highest BCUT2D eigenvalue weighted by Gasteiger charge is 2.31. The first-order valence-corrected chi connectivity index (χ1v) is 10.6. The first-order chi connectivity index (χ1) is 15.5. The van der Waals surface area contributed by atoms with E-state index >= 15 is 0 Å². The van der Waals surface area contributed by atoms with E-state index < -0.39 is 16.2 Å². The molecule has 2 aromatic carbocycles. The number of aryl methyl sites for hydroxylation is 1. The van der Waals surface area contributed by atoms with Crippen molar-refractivity contribution in [1.29, 1.82) is 0 Å². The van der Waals surface area contributed by atoms with E-state index in [0.29, 0.717) is 29.8 Å². The fourth-order valence-electron chi connectivity index (χ4n) is 4.60. The van der Waals surface area contributed by atoms with Crippen LogP contribution >= 0.6 is 0 Å². The Kier molecular flexibility index (Phi) is 5.07. The second-order valence-electron chi connectivity index (χ2n) is 8.09. The zero-order valence-electron chi connectivity index (χ0n) is 17.8. The zero-order valence-corrected chi connectivity index (χ0v) is 17.8. The molecule has 1 aliphatic heterocycles. The molecule has 1 saturated heterocycles. The lowest BCUT2D eigenvalue weighted by molar-refractivity contribution is -0.385. The van der Waals surface area contributed by atoms with E-state index in [4.69, 9.17) is 0 Å². The molecule has 0 spiro atoms. The molecule has 5 rings (SSSR count). The van der Waals surface area contributed by atoms with Crippen LogP contribution in [0.15, 0.2) is 65.6 Å². The van der Waals surface area contributed by atoms with Gasteiger partial charge in [0.2, 0.25) is 0 Å². The van der Waals surface area contributed by atoms with Crippen molar-refractivity contribution < 1.29 is 4.92 Å². The molecule has 0 aliphatic carbocycles. The van der Waals surface area contributed by atoms with Crippen molar-refractivity contribution in [1.82, 2.24) is 14.5 Å². The third-order valence-electron chi connectivity index (χ3n) is 6.25. The average molecular weight is 429 g/mol. The van der Waals surface area contributed by atoms with E-state index in [1.807, 2.05) is 11.0 Å². The summed E-state index contributed by atoms with van der Waals surface area (Å²) in [5.74, 6) is 0. The van der Waals surface area contributed by atoms with Crippen molar-refractivity contribution >= 4 is 33.2 Å². The van der Waals surface area contributed by atoms with Gasteiger partial charge in [0, 0.05) is 46.0 Å². The zero-order chi connectivity index (χ0) is 22.2. The van der Waals surface area contributed by atoms with E-state index in [-0.39, 0.29) is 0 Å². The van der Waals surface area contributed by atoms with Gasteiger partial charge in [-0.15, -0.1) is 0 Å². The highest BCUT2D eigenvalue weighted by Crippen LogP contribution is 2.32. The predicted molar refractivity (Wildman–Crippen MR) is 125 cm³/mol. The van der Waals surface area contributed by atoms with Crippen LogP contribution in [-0.4, -0.2) is 45.6 Å². The van der Waals surface area contributed by atoms with Crippen LogP contribution in [0.25, 0.3) is 21.8 Å². The molecule has 0 saturated carbocycles. The average Bonchev–Trinajstić information content (AvgIpc) is 2.82. The number of nitrogens with zero attached hydrogens (tertiary/aromatic N) is 5. The predicted octanol–water partition coefficient (Wildman–Crippen LogP) is 3.32. The van der Waals surface area contributed by atoms with Crippen molar-refractivity contribution in [3.05, 3.63) is 86.8 Å². The molecule has 4 aromatic rings. The molecule has 0 N–H and O–H groups in total. The van der Waals surface area contributed by atoms with Gasteiger partial charge < -0.3 is 9.47 Å². The first-order valence-electron chi connectivity index (χ1n) is 10.6. The minimum absolute atomic E-state index is 0.332. The van der Waals surface area contributed by atoms with Crippen molar-refractivity contribution in [2.24, 2.45) is 7.05 Å². The first kappa shape index (κ1) is 20.1. The van der Waals surface area contributed by atoms with Crippen LogP contribution in [0.1, 0.15) is 5.56 Å². The molecule has 0 atom stereocenters. The molecule has 0 amide bonds. The minimum atomic E-state index is -0.608. The van der Waals surface area contributed by atoms with Gasteiger partial charge in [-0.3, -0.25) is 24.8 Å². The third-order valence-corrected chi connectivity index (χ3v) is 6.25. The van der Waals surface area contributed by atoms with E-state index in [1.165, 1.54) is 20.9 Å². The van der Waals surface area contributed by atoms with Gasteiger partial charge >= 0.3 is 11.2 Å². The van der Waals surface area contributed by atoms with Crippen LogP contribution < -0.4 is 10.5 Å². The molecule has 32 heavy (non-hydrogen) atoms. The van der Waals surface area contributed by atoms with Gasteiger partial charge in [-0.05, 0) is 28.5 Å². The Balaban J connectivity index is 1.44. The Morgan fingerprint density at radius 3 is 2.53 bits per heavy atom. The molecule has 1 fully saturated rings. The molecule has 3 heterocycles. The number of aromatic nitrogens is 2. The number of pyridine rings is 2. The number of nitro groups is 1. The van der Waals surface area contributed by atoms with Crippen molar-refractivity contribution in [2.75, 3.05) is 31.1 Å². The largest absolute Gasteiger partial charge is 0.361 e. The lowest BCUT2D eigenvalue weighted by Crippen LogP contribution is -2.46. The molecule has 1 aliphatic rings. The lowest BCUT2D eigenvalue weighted by Gasteiger charge is -2.36. The molecule has 2 aromatic heterocycles. The second kappa shape index (κ2) is 8.05. The van der Waals surface area contributed by atoms with Crippen molar-refractivity contribution in [3.8, 4) is 0 Å². The summed E-state index contributed by atoms with van der Waals surface area (Å²) < 4.78 is 1.31. The van der Waals surface area contributed by atoms with Crippen LogP contribution in [0.4, 0.5) is 11.4 Å². The highest BCUT2D eigenvalue weighted by molar-refractivity contribution is 5.93. The highest BCUT2D eigenvalue weighted by atomic mass is 16.6. The summed E-state index contributed by atoms with van der Waals surface area (Å²) in [6.45, 7) is 3.47. The number of piperazine rings is 1. The minimum Gasteiger partial charge on any atom is -0.361 e. The summed E-state index contributed by atoms with van der Waals surface area (Å²) in [6, 6.07) is 18.2. The quantitative estimate of drug-likeness (QED) is 0.366. The number of benzene rings is 2. The van der Waals surface area contributed by atoms with E-state index in [2.05, 4.69) is 46.3 Å². The fraction of sp³-hybridized carbons (Fsp3) is 0.250. The molecule has 8 nitrogen and oxygen atoms in total. The van der Waals surface area contributed by atoms with Crippen LogP contribution in [0.2, 0.25) is 0 Å². The Bertz CT molecular complexity index is 1380. The van der Waals surface area contributed by atoms with Crippen LogP contribution in [0.3, 0.4) is 0 Å². The maximum absolute atomic E-state index is 12.8. The number of hydrogen-bond acceptors (Lipinski definition) is 6. The smallest absolute Gasteiger partial charge is 0.359 e. The Morgan fingerprint density at radius 2 is 1.75 bits per heavy atom. The Morgan fingerprint density at radius 1 is 1.00 bits per heavy atom. The number of fused-ring (bicyclic) bond motifs is 2. The second-order valence-corrected chi connectivity index (χ2v) is 8.09. The summed E-state index contributed by atoms with van der Waals surface area (Å²) in [6.07, 6.45) is 1.61. The molecular weight excluding hydrogens is 406 g/mol. The monoisotopic (exact) mass is 429 g/mol. The van der Waals surface area contributed by atoms with Crippen LogP contribution in [0, 0.1) is 10.1 Å². The molecule has 0 radical (unpaired) electrons. The maximum Gasteiger partial charge on any atom is 0.359 e. The number of anilines is 1. The number of rotatable bonds is 4. The molecule has 0 unspecified atom stereocenters. The molecule has 162 valence electrons. The summed E-state index contributed by atoms with van der Waals surface area (Å²) in [4.78, 5) is 32.7. The summed E-state index contributed by atoms with van der Waals surface area (Å²) in [5, 5.41) is 14.3. The van der Waals surface area contributed by atoms with Crippen LogP contribution in [-0.2, 0) is 13.6 Å². The molecule has 0 bridgehead atoms. The Labute approximate surface area is 184 Å². The molecule has 8 heteroatoms. The van der Waals surface area contributed by atoms with Gasteiger partial charge in [-0.1, -0.05) is 42.5 Å². The summed E-state index contributed by atoms with van der Waals surface area (Å²) in [7, 11) is 1.55. The SMILES string of the molecule is Cn1c(=O)c([N+](=O)[O-])c(N2CCN(Cc3cccc4ccccc34)CC2)c2ncccc21. The van der Waals surface area contributed by atoms with E-state index in [1.54, 1.807) is 25.4 Å². The van der Waals surface area contributed by atoms with Crippen molar-refractivity contribution in [2.45, 2.75) is 6.54 Å². The van der Waals surface area contributed by atoms with Gasteiger partial charge in [0.25, 0.3) is 0 Å². The lowest BCUT2D eigenvalue weighted by atomic mass is 10.0. The van der Waals surface area contributed by atoms with Gasteiger partial charge in [-0.25, -0.2) is 0 Å². The van der Waals surface area contributed by atoms with Gasteiger partial charge in [0.1, 0.15) is 11.2 Å². The standard InChI is InChI=1S/C24H23N5O3/c1-26-20-10-5-11-25-21(20)22(23(24(26)30)29(31)32)28-14-12-27(13-15-28)16-18-8-4-7-17-6-2-3-9-19(17)18/h2-11H,12-16H2,1H3. The topological polar surface area (TPSA) is 84.5 Å². The maximum atomic E-state index is 12.8. The summed E-state index contributed by atoms with van der Waals surface area (Å²) >= 11 is 0. The normalized spacial score (nSPS) is 14.8. The fourth-order valence-corrected chi connectivity index (χ4v) is 4.60.